The molecule has 6 nitrogen and oxygen atoms in total. The molecule has 0 radical (unpaired) electrons. The van der Waals surface area contributed by atoms with Gasteiger partial charge in [-0.05, 0) is 30.4 Å². The molecule has 0 unspecified atom stereocenters. The van der Waals surface area contributed by atoms with Crippen LogP contribution in [0.25, 0.3) is 11.0 Å². The summed E-state index contributed by atoms with van der Waals surface area (Å²) >= 11 is 0. The summed E-state index contributed by atoms with van der Waals surface area (Å²) in [6.07, 6.45) is 1.16. The predicted molar refractivity (Wildman–Crippen MR) is 95.1 cm³/mol. The molecule has 0 amide bonds. The van der Waals surface area contributed by atoms with Gasteiger partial charge in [0.25, 0.3) is 0 Å². The van der Waals surface area contributed by atoms with Crippen molar-refractivity contribution < 1.29 is 9.53 Å². The van der Waals surface area contributed by atoms with E-state index in [4.69, 9.17) is 9.72 Å². The van der Waals surface area contributed by atoms with Gasteiger partial charge in [0.15, 0.2) is 11.7 Å². The van der Waals surface area contributed by atoms with Gasteiger partial charge in [-0.2, -0.15) is 5.26 Å². The monoisotopic (exact) mass is 338 g/mol. The third-order valence-corrected chi connectivity index (χ3v) is 4.59. The number of nitriles is 1. The van der Waals surface area contributed by atoms with Gasteiger partial charge < -0.3 is 9.64 Å². The molecule has 25 heavy (non-hydrogen) atoms. The minimum absolute atomic E-state index is 0.384. The van der Waals surface area contributed by atoms with Crippen molar-refractivity contribution in [3.63, 3.8) is 0 Å². The number of esters is 1. The number of fused-ring (bicyclic) bond motifs is 1. The van der Waals surface area contributed by atoms with Crippen LogP contribution in [0.5, 0.6) is 0 Å². The molecule has 2 aromatic rings. The van der Waals surface area contributed by atoms with E-state index >= 15 is 0 Å². The molecule has 0 saturated carbocycles. The van der Waals surface area contributed by atoms with Crippen molar-refractivity contribution in [3.05, 3.63) is 30.0 Å². The second-order valence-electron chi connectivity index (χ2n) is 6.86. The lowest BCUT2D eigenvalue weighted by Gasteiger charge is -2.36. The largest absolute Gasteiger partial charge is 0.468 e. The lowest BCUT2D eigenvalue weighted by Crippen LogP contribution is -2.40. The molecule has 0 spiro atoms. The number of aromatic nitrogens is 2. The van der Waals surface area contributed by atoms with E-state index in [2.05, 4.69) is 23.7 Å². The Morgan fingerprint density at radius 1 is 1.24 bits per heavy atom. The molecule has 1 saturated heterocycles. The number of methoxy groups -OCH3 is 1. The summed E-state index contributed by atoms with van der Waals surface area (Å²) in [5.41, 5.74) is 1.81. The third kappa shape index (κ3) is 3.41. The van der Waals surface area contributed by atoms with Crippen LogP contribution >= 0.6 is 0 Å². The Labute approximate surface area is 147 Å². The minimum atomic E-state index is -1.08. The Bertz CT molecular complexity index is 820. The first-order valence-corrected chi connectivity index (χ1v) is 8.52. The van der Waals surface area contributed by atoms with Crippen molar-refractivity contribution in [1.82, 2.24) is 9.97 Å². The van der Waals surface area contributed by atoms with Crippen LogP contribution in [0.3, 0.4) is 0 Å². The van der Waals surface area contributed by atoms with Gasteiger partial charge in [0.1, 0.15) is 5.69 Å². The van der Waals surface area contributed by atoms with Crippen LogP contribution < -0.4 is 4.90 Å². The van der Waals surface area contributed by atoms with Crippen molar-refractivity contribution >= 4 is 22.8 Å². The summed E-state index contributed by atoms with van der Waals surface area (Å²) in [6, 6.07) is 9.54. The van der Waals surface area contributed by atoms with Gasteiger partial charge in [-0.3, -0.25) is 4.79 Å². The molecule has 3 atom stereocenters. The highest BCUT2D eigenvalue weighted by Gasteiger charge is 2.32. The zero-order valence-electron chi connectivity index (χ0n) is 14.8. The molecule has 0 aliphatic carbocycles. The molecule has 1 aromatic heterocycles. The number of anilines is 1. The van der Waals surface area contributed by atoms with Gasteiger partial charge in [0.05, 0.1) is 24.2 Å². The number of ether oxygens (including phenoxy) is 1. The number of carbonyl (C=O) groups excluding carboxylic acids is 1. The van der Waals surface area contributed by atoms with Crippen LogP contribution in [0.4, 0.5) is 5.82 Å². The van der Waals surface area contributed by atoms with E-state index in [9.17, 15) is 10.1 Å². The van der Waals surface area contributed by atoms with Gasteiger partial charge >= 0.3 is 5.97 Å². The van der Waals surface area contributed by atoms with Gasteiger partial charge in [-0.15, -0.1) is 0 Å². The standard InChI is InChI=1S/C19H22N4O2/c1-12-8-13(2)11-23(10-12)18-17(14(9-20)19(24)25-3)21-15-6-4-5-7-16(15)22-18/h4-7,12-14H,8,10-11H2,1-3H3/t12-,13-,14-/m1/s1. The van der Waals surface area contributed by atoms with Gasteiger partial charge in [0.2, 0.25) is 0 Å². The third-order valence-electron chi connectivity index (χ3n) is 4.59. The molecule has 0 N–H and O–H groups in total. The van der Waals surface area contributed by atoms with Crippen molar-refractivity contribution in [2.75, 3.05) is 25.1 Å². The Kier molecular flexibility index (Phi) is 4.84. The first-order chi connectivity index (χ1) is 12.0. The smallest absolute Gasteiger partial charge is 0.329 e. The average Bonchev–Trinajstić information content (AvgIpc) is 2.60. The second-order valence-corrected chi connectivity index (χ2v) is 6.86. The number of carbonyl (C=O) groups is 1. The lowest BCUT2D eigenvalue weighted by atomic mass is 9.91. The molecule has 1 fully saturated rings. The number of rotatable bonds is 3. The van der Waals surface area contributed by atoms with Gasteiger partial charge in [-0.1, -0.05) is 26.0 Å². The van der Waals surface area contributed by atoms with E-state index in [1.165, 1.54) is 7.11 Å². The minimum Gasteiger partial charge on any atom is -0.468 e. The molecule has 6 heteroatoms. The summed E-state index contributed by atoms with van der Waals surface area (Å²) in [5, 5.41) is 9.54. The first kappa shape index (κ1) is 17.2. The average molecular weight is 338 g/mol. The van der Waals surface area contributed by atoms with Crippen molar-refractivity contribution in [3.8, 4) is 6.07 Å². The number of hydrogen-bond acceptors (Lipinski definition) is 6. The summed E-state index contributed by atoms with van der Waals surface area (Å²) in [4.78, 5) is 23.6. The maximum Gasteiger partial charge on any atom is 0.329 e. The van der Waals surface area contributed by atoms with E-state index in [1.54, 1.807) is 0 Å². The van der Waals surface area contributed by atoms with Crippen LogP contribution in [-0.2, 0) is 9.53 Å². The number of hydrogen-bond donors (Lipinski definition) is 0. The van der Waals surface area contributed by atoms with Crippen LogP contribution in [0.15, 0.2) is 24.3 Å². The molecule has 0 bridgehead atoms. The number of para-hydroxylation sites is 2. The summed E-state index contributed by atoms with van der Waals surface area (Å²) < 4.78 is 4.81. The Hall–Kier alpha value is -2.68. The van der Waals surface area contributed by atoms with Crippen molar-refractivity contribution in [2.45, 2.75) is 26.2 Å². The van der Waals surface area contributed by atoms with Crippen molar-refractivity contribution in [1.29, 1.82) is 5.26 Å². The topological polar surface area (TPSA) is 79.1 Å². The quantitative estimate of drug-likeness (QED) is 0.801. The number of nitrogens with zero attached hydrogens (tertiary/aromatic N) is 4. The molecule has 1 aliphatic rings. The fourth-order valence-electron chi connectivity index (χ4n) is 3.61. The fraction of sp³-hybridized carbons (Fsp3) is 0.474. The highest BCUT2D eigenvalue weighted by Crippen LogP contribution is 2.32. The number of piperidine rings is 1. The summed E-state index contributed by atoms with van der Waals surface area (Å²) in [6.45, 7) is 6.09. The Morgan fingerprint density at radius 2 is 1.84 bits per heavy atom. The fourth-order valence-corrected chi connectivity index (χ4v) is 3.61. The SMILES string of the molecule is COC(=O)[C@H](C#N)c1nc2ccccc2nc1N1C[C@H](C)C[C@@H](C)C1. The van der Waals surface area contributed by atoms with E-state index in [1.807, 2.05) is 30.3 Å². The van der Waals surface area contributed by atoms with Gasteiger partial charge in [-0.25, -0.2) is 9.97 Å². The molecular weight excluding hydrogens is 316 g/mol. The molecule has 1 aliphatic heterocycles. The summed E-state index contributed by atoms with van der Waals surface area (Å²) in [5.74, 6) is -0.0304. The van der Waals surface area contributed by atoms with Crippen LogP contribution in [-0.4, -0.2) is 36.1 Å². The highest BCUT2D eigenvalue weighted by molar-refractivity contribution is 5.85. The maximum atomic E-state index is 12.1. The van der Waals surface area contributed by atoms with Crippen LogP contribution in [0, 0.1) is 23.2 Å². The lowest BCUT2D eigenvalue weighted by molar-refractivity contribution is -0.141. The van der Waals surface area contributed by atoms with E-state index < -0.39 is 11.9 Å². The van der Waals surface area contributed by atoms with Gasteiger partial charge in [0, 0.05) is 13.1 Å². The van der Waals surface area contributed by atoms with E-state index in [-0.39, 0.29) is 0 Å². The Balaban J connectivity index is 2.15. The highest BCUT2D eigenvalue weighted by atomic mass is 16.5. The molecule has 2 heterocycles. The molecule has 130 valence electrons. The zero-order chi connectivity index (χ0) is 18.0. The van der Waals surface area contributed by atoms with E-state index in [0.29, 0.717) is 28.9 Å². The van der Waals surface area contributed by atoms with E-state index in [0.717, 1.165) is 25.0 Å². The molecule has 3 rings (SSSR count). The van der Waals surface area contributed by atoms with Crippen molar-refractivity contribution in [2.24, 2.45) is 11.8 Å². The number of benzene rings is 1. The maximum absolute atomic E-state index is 12.1. The predicted octanol–water partition coefficient (Wildman–Crippen LogP) is 2.89. The van der Waals surface area contributed by atoms with Crippen LogP contribution in [0.1, 0.15) is 31.9 Å². The zero-order valence-corrected chi connectivity index (χ0v) is 14.8. The molecule has 1 aromatic carbocycles. The van der Waals surface area contributed by atoms with Crippen LogP contribution in [0.2, 0.25) is 0 Å². The second kappa shape index (κ2) is 7.06. The Morgan fingerprint density at radius 3 is 2.40 bits per heavy atom. The first-order valence-electron chi connectivity index (χ1n) is 8.52. The molecular formula is C19H22N4O2. The normalized spacial score (nSPS) is 21.6. The summed E-state index contributed by atoms with van der Waals surface area (Å²) in [7, 11) is 1.28.